The van der Waals surface area contributed by atoms with E-state index in [9.17, 15) is 18.2 Å². The monoisotopic (exact) mass is 693 g/mol. The van der Waals surface area contributed by atoms with E-state index in [2.05, 4.69) is 6.92 Å². The molecular weight excluding hydrogens is 662 g/mol. The van der Waals surface area contributed by atoms with Crippen LogP contribution in [-0.2, 0) is 26.8 Å². The summed E-state index contributed by atoms with van der Waals surface area (Å²) in [6.07, 6.45) is 3.92. The second-order valence-electron chi connectivity index (χ2n) is 10.6. The van der Waals surface area contributed by atoms with Gasteiger partial charge in [-0.2, -0.15) is 0 Å². The number of aromatic nitrogens is 1. The zero-order valence-electron chi connectivity index (χ0n) is 25.5. The molecule has 0 saturated carbocycles. The van der Waals surface area contributed by atoms with Crippen molar-refractivity contribution in [2.24, 2.45) is 0 Å². The Kier molecular flexibility index (Phi) is 11.1. The number of ether oxygens (including phenoxy) is 2. The maximum absolute atomic E-state index is 14.5. The first-order chi connectivity index (χ1) is 22.2. The lowest BCUT2D eigenvalue weighted by Gasteiger charge is -2.14. The molecule has 1 unspecified atom stereocenters. The SMILES string of the molecule is CCCCCOC(=O)c1c(CC(=O)Oc2ccc(-c3cc(=S)ss3)cc2)c(C)n(-c2cccc(F)c2)c1-c1ccc(S(C)=O)cc1. The molecule has 0 fully saturated rings. The number of hydrogen-bond acceptors (Lipinski definition) is 8. The Bertz CT molecular complexity index is 1940. The Balaban J connectivity index is 1.57. The Labute approximate surface area is 282 Å². The van der Waals surface area contributed by atoms with Gasteiger partial charge in [0, 0.05) is 38.2 Å². The molecule has 0 amide bonds. The summed E-state index contributed by atoms with van der Waals surface area (Å²) in [6, 6.07) is 22.1. The third-order valence-corrected chi connectivity index (χ3v) is 11.2. The van der Waals surface area contributed by atoms with Gasteiger partial charge < -0.3 is 14.0 Å². The van der Waals surface area contributed by atoms with Gasteiger partial charge in [-0.3, -0.25) is 9.00 Å². The maximum atomic E-state index is 14.5. The molecule has 5 aromatic rings. The molecule has 0 bridgehead atoms. The number of benzene rings is 3. The lowest BCUT2D eigenvalue weighted by molar-refractivity contribution is -0.133. The van der Waals surface area contributed by atoms with Gasteiger partial charge in [-0.15, -0.1) is 0 Å². The summed E-state index contributed by atoms with van der Waals surface area (Å²) in [7, 11) is 1.90. The van der Waals surface area contributed by atoms with Crippen LogP contribution in [0.1, 0.15) is 47.8 Å². The van der Waals surface area contributed by atoms with Gasteiger partial charge in [0.2, 0.25) is 0 Å². The third kappa shape index (κ3) is 7.78. The van der Waals surface area contributed by atoms with Crippen molar-refractivity contribution in [1.82, 2.24) is 4.57 Å². The maximum Gasteiger partial charge on any atom is 0.340 e. The highest BCUT2D eigenvalue weighted by Crippen LogP contribution is 2.37. The molecule has 2 heterocycles. The molecule has 0 spiro atoms. The highest BCUT2D eigenvalue weighted by atomic mass is 32.9. The second-order valence-corrected chi connectivity index (χ2v) is 14.9. The zero-order valence-corrected chi connectivity index (χ0v) is 28.8. The Hall–Kier alpha value is -3.77. The van der Waals surface area contributed by atoms with Crippen molar-refractivity contribution in [3.63, 3.8) is 0 Å². The normalized spacial score (nSPS) is 11.7. The fourth-order valence-electron chi connectivity index (χ4n) is 5.15. The topological polar surface area (TPSA) is 74.6 Å². The minimum absolute atomic E-state index is 0.203. The Morgan fingerprint density at radius 3 is 2.30 bits per heavy atom. The van der Waals surface area contributed by atoms with Crippen molar-refractivity contribution >= 4 is 55.6 Å². The van der Waals surface area contributed by atoms with Crippen LogP contribution in [0.5, 0.6) is 5.75 Å². The largest absolute Gasteiger partial charge is 0.462 e. The van der Waals surface area contributed by atoms with E-state index in [0.29, 0.717) is 45.3 Å². The summed E-state index contributed by atoms with van der Waals surface area (Å²) >= 11 is 5.24. The second kappa shape index (κ2) is 15.2. The van der Waals surface area contributed by atoms with E-state index in [4.69, 9.17) is 21.7 Å². The standard InChI is InChI=1S/C35H32FNO5S4/c1-4-5-6-18-41-35(39)33-29(20-31(38)42-27-14-10-23(11-15-27)30-21-32(43)45-44-30)22(2)37(26-9-7-8-25(36)19-26)34(33)24-12-16-28(17-13-24)46(3)40/h7-17,19,21H,4-6,18,20H2,1-3H3. The summed E-state index contributed by atoms with van der Waals surface area (Å²) in [5.74, 6) is -1.24. The van der Waals surface area contributed by atoms with Gasteiger partial charge in [0.25, 0.3) is 0 Å². The van der Waals surface area contributed by atoms with E-state index < -0.39 is 28.6 Å². The van der Waals surface area contributed by atoms with E-state index >= 15 is 0 Å². The van der Waals surface area contributed by atoms with Crippen LogP contribution in [0.3, 0.4) is 0 Å². The number of carbonyl (C=O) groups excluding carboxylic acids is 2. The summed E-state index contributed by atoms with van der Waals surface area (Å²) < 4.78 is 40.7. The molecule has 0 aliphatic heterocycles. The predicted molar refractivity (Wildman–Crippen MR) is 186 cm³/mol. The summed E-state index contributed by atoms with van der Waals surface area (Å²) in [5, 5.41) is 0. The Morgan fingerprint density at radius 2 is 1.67 bits per heavy atom. The molecule has 0 aliphatic rings. The number of halogens is 1. The van der Waals surface area contributed by atoms with E-state index in [1.54, 1.807) is 76.6 Å². The summed E-state index contributed by atoms with van der Waals surface area (Å²) in [5.41, 5.74) is 3.70. The van der Waals surface area contributed by atoms with Gasteiger partial charge in [0.05, 0.1) is 24.3 Å². The minimum atomic E-state index is -1.21. The molecule has 3 aromatic carbocycles. The van der Waals surface area contributed by atoms with E-state index in [1.807, 2.05) is 18.2 Å². The van der Waals surface area contributed by atoms with Crippen LogP contribution in [0.15, 0.2) is 83.8 Å². The summed E-state index contributed by atoms with van der Waals surface area (Å²) in [6.45, 7) is 4.06. The molecule has 6 nitrogen and oxygen atoms in total. The predicted octanol–water partition coefficient (Wildman–Crippen LogP) is 9.34. The molecule has 0 N–H and O–H groups in total. The number of esters is 2. The molecule has 11 heteroatoms. The van der Waals surface area contributed by atoms with Crippen molar-refractivity contribution in [3.8, 4) is 33.1 Å². The van der Waals surface area contributed by atoms with Gasteiger partial charge in [-0.05, 0) is 90.7 Å². The number of carbonyl (C=O) groups is 2. The van der Waals surface area contributed by atoms with Gasteiger partial charge in [0.15, 0.2) is 0 Å². The van der Waals surface area contributed by atoms with Gasteiger partial charge in [-0.25, -0.2) is 9.18 Å². The molecule has 0 radical (unpaired) electrons. The fourth-order valence-corrected chi connectivity index (χ4v) is 8.07. The molecule has 5 rings (SSSR count). The minimum Gasteiger partial charge on any atom is -0.462 e. The lowest BCUT2D eigenvalue weighted by Crippen LogP contribution is -2.15. The first-order valence-corrected chi connectivity index (χ1v) is 18.8. The third-order valence-electron chi connectivity index (χ3n) is 7.40. The molecule has 238 valence electrons. The van der Waals surface area contributed by atoms with Crippen LogP contribution in [-0.4, -0.2) is 33.6 Å². The van der Waals surface area contributed by atoms with Crippen molar-refractivity contribution in [2.45, 2.75) is 44.4 Å². The quantitative estimate of drug-likeness (QED) is 0.0426. The van der Waals surface area contributed by atoms with Crippen LogP contribution in [0.25, 0.3) is 27.4 Å². The smallest absolute Gasteiger partial charge is 0.340 e. The molecule has 2 aromatic heterocycles. The number of unbranched alkanes of at least 4 members (excludes halogenated alkanes) is 2. The number of rotatable bonds is 12. The van der Waals surface area contributed by atoms with E-state index in [-0.39, 0.29) is 18.6 Å². The first-order valence-electron chi connectivity index (χ1n) is 14.7. The van der Waals surface area contributed by atoms with E-state index in [1.165, 1.54) is 22.5 Å². The summed E-state index contributed by atoms with van der Waals surface area (Å²) in [4.78, 5) is 29.0. The average Bonchev–Trinajstić information content (AvgIpc) is 3.60. The average molecular weight is 694 g/mol. The molecule has 1 atom stereocenters. The van der Waals surface area contributed by atoms with Gasteiger partial charge in [-0.1, -0.05) is 70.9 Å². The van der Waals surface area contributed by atoms with Crippen LogP contribution in [0.4, 0.5) is 4.39 Å². The van der Waals surface area contributed by atoms with Crippen LogP contribution < -0.4 is 4.74 Å². The Morgan fingerprint density at radius 1 is 0.957 bits per heavy atom. The van der Waals surface area contributed by atoms with E-state index in [0.717, 1.165) is 27.1 Å². The number of hydrogen-bond donors (Lipinski definition) is 0. The van der Waals surface area contributed by atoms with Crippen molar-refractivity contribution in [3.05, 3.63) is 105 Å². The first kappa shape index (κ1) is 33.6. The molecule has 0 aliphatic carbocycles. The van der Waals surface area contributed by atoms with Gasteiger partial charge in [0.1, 0.15) is 15.4 Å². The van der Waals surface area contributed by atoms with Gasteiger partial charge >= 0.3 is 11.9 Å². The van der Waals surface area contributed by atoms with Crippen molar-refractivity contribution in [1.29, 1.82) is 0 Å². The molecule has 46 heavy (non-hydrogen) atoms. The van der Waals surface area contributed by atoms with Crippen molar-refractivity contribution in [2.75, 3.05) is 12.9 Å². The zero-order chi connectivity index (χ0) is 32.8. The fraction of sp³-hybridized carbons (Fsp3) is 0.229. The molecule has 0 saturated heterocycles. The molecular formula is C35H32FNO5S4. The van der Waals surface area contributed by atoms with Crippen molar-refractivity contribution < 1.29 is 27.7 Å². The lowest BCUT2D eigenvalue weighted by atomic mass is 10.0. The number of nitrogens with zero attached hydrogens (tertiary/aromatic N) is 1. The highest BCUT2D eigenvalue weighted by Gasteiger charge is 2.30. The van der Waals surface area contributed by atoms with Crippen LogP contribution in [0.2, 0.25) is 0 Å². The van der Waals surface area contributed by atoms with Crippen LogP contribution >= 0.6 is 32.9 Å². The van der Waals surface area contributed by atoms with Crippen LogP contribution in [0, 0.1) is 16.6 Å². The highest BCUT2D eigenvalue weighted by molar-refractivity contribution is 7.84.